The van der Waals surface area contributed by atoms with Gasteiger partial charge in [0.05, 0.1) is 0 Å². The lowest BCUT2D eigenvalue weighted by Gasteiger charge is -2.04. The molecule has 0 bridgehead atoms. The third-order valence-electron chi connectivity index (χ3n) is 3.10. The van der Waals surface area contributed by atoms with Gasteiger partial charge in [0.2, 0.25) is 0 Å². The summed E-state index contributed by atoms with van der Waals surface area (Å²) < 4.78 is 0. The molecular formula is C33H56. The van der Waals surface area contributed by atoms with Crippen LogP contribution in [0.4, 0.5) is 0 Å². The molecule has 33 heavy (non-hydrogen) atoms. The maximum Gasteiger partial charge on any atom is -0.0184 e. The van der Waals surface area contributed by atoms with Gasteiger partial charge in [0.25, 0.3) is 0 Å². The lowest BCUT2D eigenvalue weighted by Crippen LogP contribution is -1.79. The van der Waals surface area contributed by atoms with E-state index in [0.717, 1.165) is 0 Å². The first-order chi connectivity index (χ1) is 16.2. The Morgan fingerprint density at radius 3 is 0.636 bits per heavy atom. The second kappa shape index (κ2) is 34.3. The highest BCUT2D eigenvalue weighted by molar-refractivity contribution is 5.70. The van der Waals surface area contributed by atoms with E-state index in [1.54, 1.807) is 0 Å². The van der Waals surface area contributed by atoms with Gasteiger partial charge < -0.3 is 0 Å². The van der Waals surface area contributed by atoms with Gasteiger partial charge in [-0.2, -0.15) is 0 Å². The number of hydrogen-bond acceptors (Lipinski definition) is 0. The normalized spacial score (nSPS) is 7.76. The molecule has 0 aliphatic carbocycles. The molecule has 188 valence electrons. The van der Waals surface area contributed by atoms with Crippen molar-refractivity contribution in [2.75, 3.05) is 0 Å². The molecule has 0 N–H and O–H groups in total. The van der Waals surface area contributed by atoms with Crippen LogP contribution in [0.25, 0.3) is 22.3 Å². The zero-order valence-corrected chi connectivity index (χ0v) is 24.2. The maximum atomic E-state index is 2.18. The van der Waals surface area contributed by atoms with Gasteiger partial charge in [-0.05, 0) is 22.3 Å². The van der Waals surface area contributed by atoms with Crippen LogP contribution < -0.4 is 0 Å². The van der Waals surface area contributed by atoms with Gasteiger partial charge in [0.15, 0.2) is 0 Å². The first kappa shape index (κ1) is 37.9. The van der Waals surface area contributed by atoms with Crippen LogP contribution in [0.15, 0.2) is 84.9 Å². The molecule has 0 heterocycles. The molecule has 3 aromatic carbocycles. The molecule has 0 unspecified atom stereocenters. The topological polar surface area (TPSA) is 0 Å². The monoisotopic (exact) mass is 452 g/mol. The number of hydrogen-bond donors (Lipinski definition) is 0. The van der Waals surface area contributed by atoms with Crippen molar-refractivity contribution in [3.05, 3.63) is 84.9 Å². The summed E-state index contributed by atoms with van der Waals surface area (Å²) in [6.07, 6.45) is 3.75. The third-order valence-corrected chi connectivity index (χ3v) is 3.10. The highest BCUT2D eigenvalue weighted by Gasteiger charge is 1.98. The molecule has 0 amide bonds. The van der Waals surface area contributed by atoms with Gasteiger partial charge in [0, 0.05) is 0 Å². The summed E-state index contributed by atoms with van der Waals surface area (Å²) in [6.45, 7) is 24.8. The molecule has 0 heteroatoms. The van der Waals surface area contributed by atoms with Crippen LogP contribution in [-0.2, 0) is 0 Å². The first-order valence-electron chi connectivity index (χ1n) is 13.4. The quantitative estimate of drug-likeness (QED) is 0.362. The summed E-state index contributed by atoms with van der Waals surface area (Å²) in [7, 11) is 0. The summed E-state index contributed by atoms with van der Waals surface area (Å²) in [6, 6.07) is 29.6. The summed E-state index contributed by atoms with van der Waals surface area (Å²) in [5.41, 5.74) is 5.04. The van der Waals surface area contributed by atoms with Crippen molar-refractivity contribution in [1.82, 2.24) is 0 Å². The van der Waals surface area contributed by atoms with Gasteiger partial charge in [-0.3, -0.25) is 0 Å². The lowest BCUT2D eigenvalue weighted by molar-refractivity contribution is 1.09. The fraction of sp³-hybridized carbons (Fsp3) is 0.455. The SMILES string of the molecule is CC.CC.CC.CCC.CCC.CCC.c1ccc(-c2ccc(-c3ccccc3)cc2)cc1. The van der Waals surface area contributed by atoms with Crippen LogP contribution in [0.1, 0.15) is 102 Å². The van der Waals surface area contributed by atoms with Crippen LogP contribution in [0.5, 0.6) is 0 Å². The van der Waals surface area contributed by atoms with E-state index in [-0.39, 0.29) is 0 Å². The Morgan fingerprint density at radius 2 is 0.455 bits per heavy atom. The van der Waals surface area contributed by atoms with Gasteiger partial charge >= 0.3 is 0 Å². The molecule has 0 saturated carbocycles. The third kappa shape index (κ3) is 22.6. The van der Waals surface area contributed by atoms with E-state index in [4.69, 9.17) is 0 Å². The zero-order valence-electron chi connectivity index (χ0n) is 24.2. The van der Waals surface area contributed by atoms with E-state index in [9.17, 15) is 0 Å². The van der Waals surface area contributed by atoms with Crippen LogP contribution in [0.3, 0.4) is 0 Å². The average molecular weight is 453 g/mol. The second-order valence-electron chi connectivity index (χ2n) is 6.43. The Bertz CT molecular complexity index is 588. The van der Waals surface area contributed by atoms with Crippen LogP contribution in [0, 0.1) is 0 Å². The molecule has 0 fully saturated rings. The molecule has 0 aromatic heterocycles. The number of rotatable bonds is 2. The Morgan fingerprint density at radius 1 is 0.303 bits per heavy atom. The summed E-state index contributed by atoms with van der Waals surface area (Å²) in [5, 5.41) is 0. The van der Waals surface area contributed by atoms with Crippen molar-refractivity contribution >= 4 is 0 Å². The second-order valence-corrected chi connectivity index (χ2v) is 6.43. The first-order valence-corrected chi connectivity index (χ1v) is 13.4. The van der Waals surface area contributed by atoms with E-state index in [1.807, 2.05) is 53.7 Å². The van der Waals surface area contributed by atoms with Crippen molar-refractivity contribution in [3.8, 4) is 22.3 Å². The Labute approximate surface area is 209 Å². The average Bonchev–Trinajstić information content (AvgIpc) is 2.90. The van der Waals surface area contributed by atoms with E-state index in [1.165, 1.54) is 41.5 Å². The minimum atomic E-state index is 1.25. The zero-order chi connectivity index (χ0) is 26.3. The summed E-state index contributed by atoms with van der Waals surface area (Å²) in [4.78, 5) is 0. The maximum absolute atomic E-state index is 2.18. The largest absolute Gasteiger partial charge is 0.0683 e. The van der Waals surface area contributed by atoms with Crippen molar-refractivity contribution < 1.29 is 0 Å². The van der Waals surface area contributed by atoms with Gasteiger partial charge in [-0.25, -0.2) is 0 Å². The van der Waals surface area contributed by atoms with Crippen LogP contribution in [0.2, 0.25) is 0 Å². The van der Waals surface area contributed by atoms with Gasteiger partial charge in [0.1, 0.15) is 0 Å². The molecular weight excluding hydrogens is 396 g/mol. The molecule has 0 atom stereocenters. The standard InChI is InChI=1S/C18H14.3C3H8.3C2H6/c1-3-7-15(8-4-1)17-11-13-18(14-12-17)16-9-5-2-6-10-16;3*1-3-2;3*1-2/h1-14H;3*3H2,1-2H3;3*1-2H3. The predicted octanol–water partition coefficient (Wildman–Crippen LogP) is 12.3. The Hall–Kier alpha value is -2.34. The smallest absolute Gasteiger partial charge is 0.0184 e. The fourth-order valence-corrected chi connectivity index (χ4v) is 2.12. The van der Waals surface area contributed by atoms with E-state index in [0.29, 0.717) is 0 Å². The molecule has 3 aromatic rings. The summed E-state index contributed by atoms with van der Waals surface area (Å²) in [5.74, 6) is 0. The van der Waals surface area contributed by atoms with Crippen molar-refractivity contribution in [2.45, 2.75) is 102 Å². The van der Waals surface area contributed by atoms with Crippen LogP contribution >= 0.6 is 0 Å². The van der Waals surface area contributed by atoms with Crippen molar-refractivity contribution in [1.29, 1.82) is 0 Å². The molecule has 0 radical (unpaired) electrons. The van der Waals surface area contributed by atoms with Gasteiger partial charge in [-0.15, -0.1) is 0 Å². The summed E-state index contributed by atoms with van der Waals surface area (Å²) >= 11 is 0. The Balaban J connectivity index is -0.000000236. The van der Waals surface area contributed by atoms with Crippen molar-refractivity contribution in [3.63, 3.8) is 0 Å². The minimum Gasteiger partial charge on any atom is -0.0683 e. The van der Waals surface area contributed by atoms with Gasteiger partial charge in [-0.1, -0.05) is 187 Å². The van der Waals surface area contributed by atoms with Crippen molar-refractivity contribution in [2.24, 2.45) is 0 Å². The lowest BCUT2D eigenvalue weighted by atomic mass is 10.0. The number of benzene rings is 3. The molecule has 0 saturated heterocycles. The van der Waals surface area contributed by atoms with E-state index < -0.39 is 0 Å². The Kier molecular flexibility index (Phi) is 39.4. The molecule has 0 nitrogen and oxygen atoms in total. The van der Waals surface area contributed by atoms with Crippen LogP contribution in [-0.4, -0.2) is 0 Å². The molecule has 3 rings (SSSR count). The van der Waals surface area contributed by atoms with E-state index >= 15 is 0 Å². The molecule has 0 aliphatic rings. The highest BCUT2D eigenvalue weighted by Crippen LogP contribution is 2.24. The molecule has 0 aliphatic heterocycles. The minimum absolute atomic E-state index is 1.25. The highest BCUT2D eigenvalue weighted by atomic mass is 14.0. The van der Waals surface area contributed by atoms with E-state index in [2.05, 4.69) is 114 Å². The fourth-order valence-electron chi connectivity index (χ4n) is 2.12. The molecule has 0 spiro atoms. The predicted molar refractivity (Wildman–Crippen MR) is 159 cm³/mol.